The van der Waals surface area contributed by atoms with E-state index in [9.17, 15) is 0 Å². The summed E-state index contributed by atoms with van der Waals surface area (Å²) in [5, 5.41) is 4.69. The van der Waals surface area contributed by atoms with Gasteiger partial charge in [-0.3, -0.25) is 0 Å². The number of anilines is 2. The summed E-state index contributed by atoms with van der Waals surface area (Å²) in [7, 11) is 0. The van der Waals surface area contributed by atoms with Crippen molar-refractivity contribution in [1.29, 1.82) is 0 Å². The summed E-state index contributed by atoms with van der Waals surface area (Å²) >= 11 is 0. The van der Waals surface area contributed by atoms with Crippen molar-refractivity contribution in [3.8, 4) is 27.9 Å². The maximum Gasteiger partial charge on any atom is 0.329 e. The molecule has 212 valence electrons. The predicted molar refractivity (Wildman–Crippen MR) is 193 cm³/mol. The van der Waals surface area contributed by atoms with Gasteiger partial charge in [0.25, 0.3) is 0 Å². The van der Waals surface area contributed by atoms with Crippen LogP contribution >= 0.6 is 0 Å². The third kappa shape index (κ3) is 3.08. The minimum Gasteiger partial charge on any atom is -0.456 e. The molecule has 0 aliphatic carbocycles. The lowest BCUT2D eigenvalue weighted by molar-refractivity contribution is 0.669. The quantitative estimate of drug-likeness (QED) is 0.179. The summed E-state index contributed by atoms with van der Waals surface area (Å²) in [4.78, 5) is 2.54. The fourth-order valence-electron chi connectivity index (χ4n) is 8.27. The van der Waals surface area contributed by atoms with Gasteiger partial charge in [-0.25, -0.2) is 0 Å². The average Bonchev–Trinajstić information content (AvgIpc) is 3.64. The van der Waals surface area contributed by atoms with Gasteiger partial charge in [0.2, 0.25) is 0 Å². The van der Waals surface area contributed by atoms with Crippen molar-refractivity contribution in [2.45, 2.75) is 0 Å². The first-order chi connectivity index (χ1) is 22.8. The largest absolute Gasteiger partial charge is 0.456 e. The number of nitrogens with zero attached hydrogens (tertiary/aromatic N) is 2. The van der Waals surface area contributed by atoms with Gasteiger partial charge in [0.1, 0.15) is 11.2 Å². The number of para-hydroxylation sites is 3. The number of benzene rings is 7. The topological polar surface area (TPSA) is 21.3 Å². The van der Waals surface area contributed by atoms with E-state index in [4.69, 9.17) is 4.42 Å². The minimum atomic E-state index is 0.0800. The second kappa shape index (κ2) is 8.80. The zero-order chi connectivity index (χ0) is 29.9. The van der Waals surface area contributed by atoms with E-state index in [1.54, 1.807) is 0 Å². The number of hydrogen-bond acceptors (Lipinski definition) is 2. The van der Waals surface area contributed by atoms with Crippen LogP contribution in [0.1, 0.15) is 0 Å². The molecule has 0 radical (unpaired) electrons. The van der Waals surface area contributed by atoms with Crippen LogP contribution in [0.15, 0.2) is 156 Å². The third-order valence-electron chi connectivity index (χ3n) is 10.2. The van der Waals surface area contributed by atoms with E-state index in [1.807, 2.05) is 0 Å². The summed E-state index contributed by atoms with van der Waals surface area (Å²) in [5.41, 5.74) is 15.5. The van der Waals surface area contributed by atoms with Gasteiger partial charge in [0.05, 0.1) is 11.0 Å². The second-order valence-corrected chi connectivity index (χ2v) is 12.5. The van der Waals surface area contributed by atoms with Crippen molar-refractivity contribution >= 4 is 72.9 Å². The molecule has 0 fully saturated rings. The van der Waals surface area contributed by atoms with Crippen LogP contribution in [0.2, 0.25) is 0 Å². The second-order valence-electron chi connectivity index (χ2n) is 12.5. The summed E-state index contributed by atoms with van der Waals surface area (Å²) in [6, 6.07) is 55.2. The van der Waals surface area contributed by atoms with Gasteiger partial charge in [-0.1, -0.05) is 103 Å². The normalized spacial score (nSPS) is 13.1. The van der Waals surface area contributed by atoms with Gasteiger partial charge < -0.3 is 13.8 Å². The molecule has 4 heteroatoms. The van der Waals surface area contributed by atoms with Crippen LogP contribution in [0, 0.1) is 0 Å². The first-order valence-corrected chi connectivity index (χ1v) is 15.9. The minimum absolute atomic E-state index is 0.0800. The van der Waals surface area contributed by atoms with E-state index in [0.717, 1.165) is 27.6 Å². The Morgan fingerprint density at radius 3 is 1.87 bits per heavy atom. The Balaban J connectivity index is 1.23. The molecule has 4 heterocycles. The number of aromatic nitrogens is 1. The summed E-state index contributed by atoms with van der Waals surface area (Å²) in [6.45, 7) is 0.0800. The molecule has 0 bridgehead atoms. The van der Waals surface area contributed by atoms with Crippen LogP contribution in [0.3, 0.4) is 0 Å². The predicted octanol–water partition coefficient (Wildman–Crippen LogP) is 9.59. The fraction of sp³-hybridized carbons (Fsp3) is 0. The maximum atomic E-state index is 6.78. The number of rotatable bonds is 1. The average molecular weight is 584 g/mol. The number of fused-ring (bicyclic) bond motifs is 17. The lowest BCUT2D eigenvalue weighted by Gasteiger charge is -2.43. The van der Waals surface area contributed by atoms with E-state index < -0.39 is 0 Å². The Morgan fingerprint density at radius 1 is 0.413 bits per heavy atom. The van der Waals surface area contributed by atoms with Crippen molar-refractivity contribution in [3.63, 3.8) is 0 Å². The molecule has 0 amide bonds. The highest BCUT2D eigenvalue weighted by Gasteiger charge is 2.42. The van der Waals surface area contributed by atoms with Crippen LogP contribution in [0.4, 0.5) is 11.4 Å². The molecule has 0 spiro atoms. The van der Waals surface area contributed by atoms with Gasteiger partial charge in [0.15, 0.2) is 0 Å². The molecule has 0 saturated carbocycles. The smallest absolute Gasteiger partial charge is 0.329 e. The van der Waals surface area contributed by atoms with Gasteiger partial charge in [-0.2, -0.15) is 0 Å². The molecule has 9 aromatic rings. The molecular weight excluding hydrogens is 559 g/mol. The highest BCUT2D eigenvalue weighted by atomic mass is 16.3. The zero-order valence-corrected chi connectivity index (χ0v) is 24.8. The Labute approximate surface area is 265 Å². The third-order valence-corrected chi connectivity index (χ3v) is 10.2. The van der Waals surface area contributed by atoms with Crippen molar-refractivity contribution < 1.29 is 4.42 Å². The lowest BCUT2D eigenvalue weighted by Crippen LogP contribution is -2.59. The van der Waals surface area contributed by atoms with Crippen LogP contribution < -0.4 is 15.7 Å². The Hall–Kier alpha value is -6.00. The Bertz CT molecular complexity index is 2720. The fourth-order valence-corrected chi connectivity index (χ4v) is 8.27. The first kappa shape index (κ1) is 24.3. The Kier molecular flexibility index (Phi) is 4.66. The number of furan rings is 1. The molecule has 2 aliphatic heterocycles. The van der Waals surface area contributed by atoms with Gasteiger partial charge >= 0.3 is 6.85 Å². The van der Waals surface area contributed by atoms with Crippen LogP contribution in [0.25, 0.3) is 71.7 Å². The van der Waals surface area contributed by atoms with Crippen LogP contribution in [0.5, 0.6) is 0 Å². The molecule has 11 rings (SSSR count). The zero-order valence-electron chi connectivity index (χ0n) is 24.8. The van der Waals surface area contributed by atoms with E-state index in [1.165, 1.54) is 66.4 Å². The van der Waals surface area contributed by atoms with Crippen LogP contribution in [-0.4, -0.2) is 11.4 Å². The molecule has 46 heavy (non-hydrogen) atoms. The molecule has 2 aromatic heterocycles. The summed E-state index contributed by atoms with van der Waals surface area (Å²) in [6.07, 6.45) is 0. The highest BCUT2D eigenvalue weighted by Crippen LogP contribution is 2.48. The van der Waals surface area contributed by atoms with Gasteiger partial charge in [-0.05, 0) is 64.5 Å². The first-order valence-electron chi connectivity index (χ1n) is 15.9. The monoisotopic (exact) mass is 584 g/mol. The van der Waals surface area contributed by atoms with E-state index in [2.05, 4.69) is 161 Å². The van der Waals surface area contributed by atoms with Gasteiger partial charge in [-0.15, -0.1) is 0 Å². The van der Waals surface area contributed by atoms with Crippen molar-refractivity contribution in [2.24, 2.45) is 0 Å². The molecule has 7 aromatic carbocycles. The van der Waals surface area contributed by atoms with Crippen molar-refractivity contribution in [2.75, 3.05) is 4.81 Å². The molecule has 2 aliphatic rings. The molecule has 0 atom stereocenters. The molecular formula is C42H25BN2O. The summed E-state index contributed by atoms with van der Waals surface area (Å²) in [5.74, 6) is 0. The standard InChI is InChI=1S/C42H25BN2O/c1-2-12-26(13-3-1)44-37-20-10-6-17-30(37)32-24-41-34(23-39(32)44)33-22-31-28-15-5-9-19-36(28)43-35-18-8-4-14-27(35)29-16-7-11-21-38(29)45(43)40(31)25-42(33)46-41/h1-25H. The molecule has 0 saturated heterocycles. The molecule has 0 unspecified atom stereocenters. The van der Waals surface area contributed by atoms with E-state index in [-0.39, 0.29) is 6.85 Å². The van der Waals surface area contributed by atoms with Gasteiger partial charge in [0, 0.05) is 55.8 Å². The Morgan fingerprint density at radius 2 is 1.04 bits per heavy atom. The maximum absolute atomic E-state index is 6.78. The molecule has 0 N–H and O–H groups in total. The molecule has 3 nitrogen and oxygen atoms in total. The van der Waals surface area contributed by atoms with Crippen LogP contribution in [-0.2, 0) is 0 Å². The van der Waals surface area contributed by atoms with Crippen molar-refractivity contribution in [1.82, 2.24) is 4.57 Å². The van der Waals surface area contributed by atoms with E-state index >= 15 is 0 Å². The SMILES string of the molecule is c1ccc(-n2c3ccccc3c3cc4oc5cc6c(cc5c4cc32)-c2ccccc2B2c3ccccc3-c3ccccc3N26)cc1. The highest BCUT2D eigenvalue weighted by molar-refractivity contribution is 6.92. The van der Waals surface area contributed by atoms with E-state index in [0.29, 0.717) is 0 Å². The lowest BCUT2D eigenvalue weighted by atomic mass is 9.43. The number of hydrogen-bond donors (Lipinski definition) is 0. The summed E-state index contributed by atoms with van der Waals surface area (Å²) < 4.78 is 9.16. The van der Waals surface area contributed by atoms with Crippen molar-refractivity contribution in [3.05, 3.63) is 152 Å².